The lowest BCUT2D eigenvalue weighted by atomic mass is 10.2. The summed E-state index contributed by atoms with van der Waals surface area (Å²) in [6, 6.07) is 7.49. The van der Waals surface area contributed by atoms with Crippen molar-refractivity contribution >= 4 is 18.3 Å². The van der Waals surface area contributed by atoms with Gasteiger partial charge in [-0.2, -0.15) is 12.6 Å². The molecular weight excluding hydrogens is 154 g/mol. The van der Waals surface area contributed by atoms with Crippen LogP contribution in [0, 0.1) is 11.8 Å². The van der Waals surface area contributed by atoms with Crippen molar-refractivity contribution in [3.05, 3.63) is 29.8 Å². The molecule has 1 aromatic carbocycles. The first-order valence-electron chi connectivity index (χ1n) is 3.28. The van der Waals surface area contributed by atoms with Gasteiger partial charge in [0.2, 0.25) is 0 Å². The summed E-state index contributed by atoms with van der Waals surface area (Å²) in [5.74, 6) is 6.36. The van der Waals surface area contributed by atoms with Gasteiger partial charge in [0.25, 0.3) is 0 Å². The summed E-state index contributed by atoms with van der Waals surface area (Å²) in [5, 5.41) is 0. The van der Waals surface area contributed by atoms with Crippen molar-refractivity contribution in [1.82, 2.24) is 0 Å². The van der Waals surface area contributed by atoms with E-state index >= 15 is 0 Å². The van der Waals surface area contributed by atoms with Crippen LogP contribution in [-0.4, -0.2) is 5.75 Å². The van der Waals surface area contributed by atoms with Gasteiger partial charge >= 0.3 is 0 Å². The molecule has 0 fully saturated rings. The van der Waals surface area contributed by atoms with Gasteiger partial charge in [0.15, 0.2) is 0 Å². The monoisotopic (exact) mass is 163 g/mol. The van der Waals surface area contributed by atoms with E-state index in [1.54, 1.807) is 0 Å². The van der Waals surface area contributed by atoms with Crippen LogP contribution < -0.4 is 5.73 Å². The highest BCUT2D eigenvalue weighted by atomic mass is 32.1. The molecule has 0 spiro atoms. The van der Waals surface area contributed by atoms with Gasteiger partial charge in [-0.1, -0.05) is 17.9 Å². The fourth-order valence-electron chi connectivity index (χ4n) is 0.758. The molecule has 11 heavy (non-hydrogen) atoms. The third kappa shape index (κ3) is 2.57. The standard InChI is InChI=1S/C9H9NS/c10-9-5-1-3-8(7-9)4-2-6-11/h1,3,5,7,11H,6,10H2. The zero-order valence-corrected chi connectivity index (χ0v) is 6.94. The smallest absolute Gasteiger partial charge is 0.0521 e. The molecule has 0 aromatic heterocycles. The lowest BCUT2D eigenvalue weighted by Crippen LogP contribution is -1.84. The molecule has 0 amide bonds. The van der Waals surface area contributed by atoms with E-state index in [4.69, 9.17) is 5.73 Å². The molecular formula is C9H9NS. The second-order valence-corrected chi connectivity index (χ2v) is 2.40. The van der Waals surface area contributed by atoms with Gasteiger partial charge in [0.1, 0.15) is 0 Å². The predicted molar refractivity (Wildman–Crippen MR) is 51.6 cm³/mol. The Morgan fingerprint density at radius 1 is 1.45 bits per heavy atom. The molecule has 0 unspecified atom stereocenters. The number of hydrogen-bond acceptors (Lipinski definition) is 2. The maximum atomic E-state index is 5.54. The largest absolute Gasteiger partial charge is 0.399 e. The Labute approximate surface area is 72.0 Å². The Hall–Kier alpha value is -1.07. The van der Waals surface area contributed by atoms with E-state index in [2.05, 4.69) is 24.5 Å². The van der Waals surface area contributed by atoms with E-state index in [0.717, 1.165) is 11.3 Å². The van der Waals surface area contributed by atoms with Crippen LogP contribution in [0.15, 0.2) is 24.3 Å². The van der Waals surface area contributed by atoms with Gasteiger partial charge in [-0.15, -0.1) is 0 Å². The molecule has 0 heterocycles. The zero-order chi connectivity index (χ0) is 8.10. The fourth-order valence-corrected chi connectivity index (χ4v) is 0.837. The molecule has 1 nitrogen and oxygen atoms in total. The van der Waals surface area contributed by atoms with Crippen LogP contribution in [0.2, 0.25) is 0 Å². The summed E-state index contributed by atoms with van der Waals surface area (Å²) in [5.41, 5.74) is 7.23. The number of nitrogens with two attached hydrogens (primary N) is 1. The van der Waals surface area contributed by atoms with E-state index in [1.165, 1.54) is 0 Å². The van der Waals surface area contributed by atoms with E-state index in [1.807, 2.05) is 24.3 Å². The first-order chi connectivity index (χ1) is 5.33. The molecule has 0 aliphatic carbocycles. The van der Waals surface area contributed by atoms with Gasteiger partial charge in [0.05, 0.1) is 5.75 Å². The van der Waals surface area contributed by atoms with Crippen molar-refractivity contribution in [2.75, 3.05) is 11.5 Å². The fraction of sp³-hybridized carbons (Fsp3) is 0.111. The van der Waals surface area contributed by atoms with E-state index in [0.29, 0.717) is 5.75 Å². The van der Waals surface area contributed by atoms with Crippen molar-refractivity contribution in [3.8, 4) is 11.8 Å². The lowest BCUT2D eigenvalue weighted by molar-refractivity contribution is 1.63. The van der Waals surface area contributed by atoms with E-state index in [9.17, 15) is 0 Å². The van der Waals surface area contributed by atoms with Gasteiger partial charge in [-0.05, 0) is 18.2 Å². The minimum absolute atomic E-state index is 0.578. The Morgan fingerprint density at radius 2 is 2.27 bits per heavy atom. The molecule has 1 rings (SSSR count). The average molecular weight is 163 g/mol. The minimum atomic E-state index is 0.578. The molecule has 2 N–H and O–H groups in total. The Balaban J connectivity index is 2.87. The summed E-state index contributed by atoms with van der Waals surface area (Å²) in [6.07, 6.45) is 0. The highest BCUT2D eigenvalue weighted by molar-refractivity contribution is 7.80. The molecule has 1 aromatic rings. The van der Waals surface area contributed by atoms with Crippen LogP contribution in [0.1, 0.15) is 5.56 Å². The van der Waals surface area contributed by atoms with Crippen molar-refractivity contribution in [1.29, 1.82) is 0 Å². The number of thiol groups is 1. The molecule has 0 radical (unpaired) electrons. The second kappa shape index (κ2) is 3.95. The SMILES string of the molecule is Nc1cccc(C#CCS)c1. The van der Waals surface area contributed by atoms with Crippen molar-refractivity contribution < 1.29 is 0 Å². The zero-order valence-electron chi connectivity index (χ0n) is 6.04. The summed E-state index contributed by atoms with van der Waals surface area (Å²) >= 11 is 3.97. The number of anilines is 1. The Bertz CT molecular complexity index is 296. The predicted octanol–water partition coefficient (Wildman–Crippen LogP) is 1.55. The average Bonchev–Trinajstić information content (AvgIpc) is 2.01. The van der Waals surface area contributed by atoms with Crippen LogP contribution >= 0.6 is 12.6 Å². The Morgan fingerprint density at radius 3 is 2.91 bits per heavy atom. The number of rotatable bonds is 0. The minimum Gasteiger partial charge on any atom is -0.399 e. The van der Waals surface area contributed by atoms with Gasteiger partial charge in [-0.3, -0.25) is 0 Å². The van der Waals surface area contributed by atoms with Crippen LogP contribution in [0.5, 0.6) is 0 Å². The molecule has 56 valence electrons. The second-order valence-electron chi connectivity index (χ2n) is 2.09. The summed E-state index contributed by atoms with van der Waals surface area (Å²) in [4.78, 5) is 0. The maximum Gasteiger partial charge on any atom is 0.0521 e. The molecule has 0 bridgehead atoms. The maximum absolute atomic E-state index is 5.54. The van der Waals surface area contributed by atoms with Gasteiger partial charge < -0.3 is 5.73 Å². The van der Waals surface area contributed by atoms with Crippen LogP contribution in [0.25, 0.3) is 0 Å². The molecule has 0 aliphatic rings. The third-order valence-corrected chi connectivity index (χ3v) is 1.36. The van der Waals surface area contributed by atoms with E-state index < -0.39 is 0 Å². The molecule has 0 aliphatic heterocycles. The topological polar surface area (TPSA) is 26.0 Å². The highest BCUT2D eigenvalue weighted by Crippen LogP contribution is 2.04. The number of benzene rings is 1. The Kier molecular flexibility index (Phi) is 2.88. The quantitative estimate of drug-likeness (QED) is 0.339. The lowest BCUT2D eigenvalue weighted by Gasteiger charge is -1.91. The van der Waals surface area contributed by atoms with Crippen LogP contribution in [0.3, 0.4) is 0 Å². The first kappa shape index (κ1) is 8.03. The number of nitrogen functional groups attached to an aromatic ring is 1. The van der Waals surface area contributed by atoms with Crippen molar-refractivity contribution in [2.45, 2.75) is 0 Å². The summed E-state index contributed by atoms with van der Waals surface area (Å²) < 4.78 is 0. The van der Waals surface area contributed by atoms with Crippen molar-refractivity contribution in [3.63, 3.8) is 0 Å². The summed E-state index contributed by atoms with van der Waals surface area (Å²) in [6.45, 7) is 0. The third-order valence-electron chi connectivity index (χ3n) is 1.20. The van der Waals surface area contributed by atoms with Gasteiger partial charge in [-0.25, -0.2) is 0 Å². The normalized spacial score (nSPS) is 8.45. The summed E-state index contributed by atoms with van der Waals surface area (Å²) in [7, 11) is 0. The molecule has 0 saturated heterocycles. The molecule has 2 heteroatoms. The molecule has 0 saturated carbocycles. The van der Waals surface area contributed by atoms with Crippen molar-refractivity contribution in [2.24, 2.45) is 0 Å². The first-order valence-corrected chi connectivity index (χ1v) is 3.91. The molecule has 0 atom stereocenters. The van der Waals surface area contributed by atoms with Gasteiger partial charge in [0, 0.05) is 11.3 Å². The highest BCUT2D eigenvalue weighted by Gasteiger charge is 1.85. The van der Waals surface area contributed by atoms with Crippen LogP contribution in [-0.2, 0) is 0 Å². The van der Waals surface area contributed by atoms with E-state index in [-0.39, 0.29) is 0 Å². The number of hydrogen-bond donors (Lipinski definition) is 2. The van der Waals surface area contributed by atoms with Crippen LogP contribution in [0.4, 0.5) is 5.69 Å².